The summed E-state index contributed by atoms with van der Waals surface area (Å²) < 4.78 is 5.34. The zero-order chi connectivity index (χ0) is 11.3. The molecular weight excluding hydrogens is 188 g/mol. The van der Waals surface area contributed by atoms with Gasteiger partial charge in [-0.15, -0.1) is 0 Å². The number of nitrogens with one attached hydrogen (secondary N) is 1. The van der Waals surface area contributed by atoms with Gasteiger partial charge in [-0.05, 0) is 31.7 Å². The monoisotopic (exact) mass is 208 g/mol. The van der Waals surface area contributed by atoms with Crippen molar-refractivity contribution in [2.45, 2.75) is 6.92 Å². The molecule has 3 heteroatoms. The number of anilines is 1. The van der Waals surface area contributed by atoms with Gasteiger partial charge in [0.25, 0.3) is 0 Å². The third-order valence-corrected chi connectivity index (χ3v) is 2.44. The molecule has 0 aromatic heterocycles. The highest BCUT2D eigenvalue weighted by atomic mass is 16.5. The van der Waals surface area contributed by atoms with Crippen molar-refractivity contribution in [3.8, 4) is 5.75 Å². The summed E-state index contributed by atoms with van der Waals surface area (Å²) in [4.78, 5) is 2.20. The number of likely N-dealkylation sites (N-methyl/N-ethyl adjacent to an activating group) is 2. The smallest absolute Gasteiger partial charge is 0.142 e. The van der Waals surface area contributed by atoms with Crippen molar-refractivity contribution >= 4 is 5.69 Å². The van der Waals surface area contributed by atoms with Gasteiger partial charge in [-0.25, -0.2) is 0 Å². The Kier molecular flexibility index (Phi) is 4.43. The average molecular weight is 208 g/mol. The van der Waals surface area contributed by atoms with Crippen molar-refractivity contribution < 1.29 is 4.74 Å². The summed E-state index contributed by atoms with van der Waals surface area (Å²) in [6.07, 6.45) is 0. The Balaban J connectivity index is 2.85. The molecule has 0 aliphatic carbocycles. The highest BCUT2D eigenvalue weighted by Gasteiger charge is 2.07. The highest BCUT2D eigenvalue weighted by Crippen LogP contribution is 2.27. The molecule has 0 spiro atoms. The second-order valence-corrected chi connectivity index (χ2v) is 3.70. The minimum Gasteiger partial charge on any atom is -0.495 e. The maximum absolute atomic E-state index is 5.34. The second-order valence-electron chi connectivity index (χ2n) is 3.70. The Morgan fingerprint density at radius 1 is 1.40 bits per heavy atom. The molecule has 0 radical (unpaired) electrons. The SMILES string of the molecule is CNCCN(C)c1cc(C)ccc1OC. The molecule has 1 N–H and O–H groups in total. The standard InChI is InChI=1S/C12H20N2O/c1-10-5-6-12(15-4)11(9-10)14(3)8-7-13-2/h5-6,9,13H,7-8H2,1-4H3. The Morgan fingerprint density at radius 3 is 2.73 bits per heavy atom. The molecule has 0 saturated heterocycles. The summed E-state index contributed by atoms with van der Waals surface area (Å²) >= 11 is 0. The fraction of sp³-hybridized carbons (Fsp3) is 0.500. The van der Waals surface area contributed by atoms with Crippen molar-refractivity contribution in [1.29, 1.82) is 0 Å². The molecule has 0 fully saturated rings. The van der Waals surface area contributed by atoms with Crippen LogP contribution in [0.3, 0.4) is 0 Å². The molecule has 0 bridgehead atoms. The minimum absolute atomic E-state index is 0.930. The molecule has 84 valence electrons. The van der Waals surface area contributed by atoms with E-state index in [1.807, 2.05) is 13.1 Å². The molecule has 1 aromatic carbocycles. The van der Waals surface area contributed by atoms with Gasteiger partial charge in [0.05, 0.1) is 12.8 Å². The van der Waals surface area contributed by atoms with Crippen molar-refractivity contribution in [3.63, 3.8) is 0 Å². The van der Waals surface area contributed by atoms with E-state index in [1.165, 1.54) is 5.56 Å². The maximum atomic E-state index is 5.34. The third kappa shape index (κ3) is 3.13. The van der Waals surface area contributed by atoms with Crippen molar-refractivity contribution in [2.24, 2.45) is 0 Å². The number of rotatable bonds is 5. The first-order valence-electron chi connectivity index (χ1n) is 5.19. The van der Waals surface area contributed by atoms with Crippen LogP contribution in [-0.4, -0.2) is 34.3 Å². The van der Waals surface area contributed by atoms with E-state index in [4.69, 9.17) is 4.74 Å². The lowest BCUT2D eigenvalue weighted by Gasteiger charge is -2.22. The van der Waals surface area contributed by atoms with E-state index < -0.39 is 0 Å². The number of nitrogens with zero attached hydrogens (tertiary/aromatic N) is 1. The lowest BCUT2D eigenvalue weighted by atomic mass is 10.2. The zero-order valence-electron chi connectivity index (χ0n) is 10.0. The lowest BCUT2D eigenvalue weighted by molar-refractivity contribution is 0.414. The molecule has 0 unspecified atom stereocenters. The molecule has 0 aliphatic rings. The largest absolute Gasteiger partial charge is 0.495 e. The summed E-state index contributed by atoms with van der Waals surface area (Å²) in [6, 6.07) is 6.23. The van der Waals surface area contributed by atoms with Gasteiger partial charge in [-0.1, -0.05) is 6.07 Å². The van der Waals surface area contributed by atoms with Crippen LogP contribution in [0, 0.1) is 6.92 Å². The number of aryl methyl sites for hydroxylation is 1. The van der Waals surface area contributed by atoms with Crippen LogP contribution in [0.2, 0.25) is 0 Å². The van der Waals surface area contributed by atoms with Crippen LogP contribution >= 0.6 is 0 Å². The van der Waals surface area contributed by atoms with E-state index in [2.05, 4.69) is 36.3 Å². The van der Waals surface area contributed by atoms with Gasteiger partial charge in [0, 0.05) is 20.1 Å². The molecule has 0 atom stereocenters. The summed E-state index contributed by atoms with van der Waals surface area (Å²) in [6.45, 7) is 4.03. The number of hydrogen-bond donors (Lipinski definition) is 1. The predicted molar refractivity (Wildman–Crippen MR) is 64.9 cm³/mol. The van der Waals surface area contributed by atoms with Crippen molar-refractivity contribution in [1.82, 2.24) is 5.32 Å². The van der Waals surface area contributed by atoms with Gasteiger partial charge < -0.3 is 15.0 Å². The molecule has 0 aliphatic heterocycles. The zero-order valence-corrected chi connectivity index (χ0v) is 10.0. The van der Waals surface area contributed by atoms with Gasteiger partial charge in [0.1, 0.15) is 5.75 Å². The Hall–Kier alpha value is -1.22. The van der Waals surface area contributed by atoms with Crippen LogP contribution in [0.1, 0.15) is 5.56 Å². The molecule has 0 heterocycles. The lowest BCUT2D eigenvalue weighted by Crippen LogP contribution is -2.27. The quantitative estimate of drug-likeness (QED) is 0.796. The fourth-order valence-corrected chi connectivity index (χ4v) is 1.50. The maximum Gasteiger partial charge on any atom is 0.142 e. The number of methoxy groups -OCH3 is 1. The van der Waals surface area contributed by atoms with E-state index in [1.54, 1.807) is 7.11 Å². The highest BCUT2D eigenvalue weighted by molar-refractivity contribution is 5.59. The van der Waals surface area contributed by atoms with E-state index in [0.29, 0.717) is 0 Å². The normalized spacial score (nSPS) is 10.1. The third-order valence-electron chi connectivity index (χ3n) is 2.44. The first kappa shape index (κ1) is 11.9. The van der Waals surface area contributed by atoms with Gasteiger partial charge in [0.2, 0.25) is 0 Å². The van der Waals surface area contributed by atoms with Crippen LogP contribution in [0.4, 0.5) is 5.69 Å². The molecule has 1 aromatic rings. The average Bonchev–Trinajstić information content (AvgIpc) is 2.25. The van der Waals surface area contributed by atoms with Crippen molar-refractivity contribution in [3.05, 3.63) is 23.8 Å². The second kappa shape index (κ2) is 5.61. The van der Waals surface area contributed by atoms with Crippen LogP contribution in [-0.2, 0) is 0 Å². The molecule has 0 saturated carbocycles. The Bertz CT molecular complexity index is 312. The molecule has 0 amide bonds. The van der Waals surface area contributed by atoms with Crippen molar-refractivity contribution in [2.75, 3.05) is 39.2 Å². The molecule has 3 nitrogen and oxygen atoms in total. The van der Waals surface area contributed by atoms with Crippen LogP contribution in [0.5, 0.6) is 5.75 Å². The predicted octanol–water partition coefficient (Wildman–Crippen LogP) is 1.66. The van der Waals surface area contributed by atoms with Crippen LogP contribution < -0.4 is 15.0 Å². The molecular formula is C12H20N2O. The number of hydrogen-bond acceptors (Lipinski definition) is 3. The summed E-state index contributed by atoms with van der Waals surface area (Å²) in [5, 5.41) is 3.14. The number of benzene rings is 1. The first-order chi connectivity index (χ1) is 7.19. The summed E-state index contributed by atoms with van der Waals surface area (Å²) in [5.74, 6) is 0.930. The Morgan fingerprint density at radius 2 is 2.13 bits per heavy atom. The van der Waals surface area contributed by atoms with E-state index in [0.717, 1.165) is 24.5 Å². The van der Waals surface area contributed by atoms with Crippen LogP contribution in [0.25, 0.3) is 0 Å². The molecule has 15 heavy (non-hydrogen) atoms. The van der Waals surface area contributed by atoms with E-state index >= 15 is 0 Å². The van der Waals surface area contributed by atoms with E-state index in [9.17, 15) is 0 Å². The summed E-state index contributed by atoms with van der Waals surface area (Å²) in [5.41, 5.74) is 2.40. The van der Waals surface area contributed by atoms with Gasteiger partial charge in [-0.2, -0.15) is 0 Å². The first-order valence-corrected chi connectivity index (χ1v) is 5.19. The topological polar surface area (TPSA) is 24.5 Å². The Labute approximate surface area is 92.0 Å². The van der Waals surface area contributed by atoms with E-state index in [-0.39, 0.29) is 0 Å². The fourth-order valence-electron chi connectivity index (χ4n) is 1.50. The minimum atomic E-state index is 0.930. The number of ether oxygens (including phenoxy) is 1. The summed E-state index contributed by atoms with van der Waals surface area (Å²) in [7, 11) is 5.75. The van der Waals surface area contributed by atoms with Crippen LogP contribution in [0.15, 0.2) is 18.2 Å². The van der Waals surface area contributed by atoms with Gasteiger partial charge in [0.15, 0.2) is 0 Å². The van der Waals surface area contributed by atoms with Gasteiger partial charge in [-0.3, -0.25) is 0 Å². The molecule has 1 rings (SSSR count). The van der Waals surface area contributed by atoms with Gasteiger partial charge >= 0.3 is 0 Å².